The Kier molecular flexibility index (Phi) is 4.12. The van der Waals surface area contributed by atoms with Crippen LogP contribution >= 0.6 is 0 Å². The van der Waals surface area contributed by atoms with Crippen LogP contribution in [0.3, 0.4) is 0 Å². The molecule has 1 rings (SSSR count). The number of aromatic nitrogens is 2. The van der Waals surface area contributed by atoms with E-state index in [1.54, 1.807) is 4.68 Å². The average Bonchev–Trinajstić information content (AvgIpc) is 2.58. The summed E-state index contributed by atoms with van der Waals surface area (Å²) in [6.45, 7) is 3.55. The van der Waals surface area contributed by atoms with E-state index in [1.165, 1.54) is 0 Å². The van der Waals surface area contributed by atoms with E-state index < -0.39 is 0 Å². The van der Waals surface area contributed by atoms with Gasteiger partial charge in [0, 0.05) is 32.3 Å². The molecule has 5 heteroatoms. The van der Waals surface area contributed by atoms with Crippen molar-refractivity contribution in [3.05, 3.63) is 18.0 Å². The van der Waals surface area contributed by atoms with Crippen molar-refractivity contribution in [3.63, 3.8) is 0 Å². The maximum Gasteiger partial charge on any atom is 0.221 e. The summed E-state index contributed by atoms with van der Waals surface area (Å²) in [5.74, 6) is 0.0172. The first kappa shape index (κ1) is 10.7. The second-order valence-electron chi connectivity index (χ2n) is 3.11. The molecule has 1 aromatic heterocycles. The van der Waals surface area contributed by atoms with Crippen LogP contribution in [-0.2, 0) is 11.3 Å². The molecule has 14 heavy (non-hydrogen) atoms. The SMILES string of the molecule is Cc1ccn(CCC(=O)NCCN)n1. The fraction of sp³-hybridized carbons (Fsp3) is 0.556. The molecule has 0 aromatic carbocycles. The molecule has 5 nitrogen and oxygen atoms in total. The van der Waals surface area contributed by atoms with Crippen LogP contribution < -0.4 is 11.1 Å². The van der Waals surface area contributed by atoms with Gasteiger partial charge in [-0.2, -0.15) is 5.10 Å². The number of nitrogens with two attached hydrogens (primary N) is 1. The number of carbonyl (C=O) groups is 1. The fourth-order valence-corrected chi connectivity index (χ4v) is 1.10. The van der Waals surface area contributed by atoms with E-state index in [-0.39, 0.29) is 5.91 Å². The predicted molar refractivity (Wildman–Crippen MR) is 53.6 cm³/mol. The van der Waals surface area contributed by atoms with Crippen molar-refractivity contribution in [1.82, 2.24) is 15.1 Å². The van der Waals surface area contributed by atoms with Gasteiger partial charge in [-0.15, -0.1) is 0 Å². The molecule has 0 radical (unpaired) electrons. The third-order valence-electron chi connectivity index (χ3n) is 1.81. The van der Waals surface area contributed by atoms with E-state index in [4.69, 9.17) is 5.73 Å². The lowest BCUT2D eigenvalue weighted by atomic mass is 10.4. The van der Waals surface area contributed by atoms with Crippen molar-refractivity contribution >= 4 is 5.91 Å². The average molecular weight is 196 g/mol. The Bertz CT molecular complexity index is 295. The molecule has 0 spiro atoms. The summed E-state index contributed by atoms with van der Waals surface area (Å²) in [5.41, 5.74) is 6.22. The highest BCUT2D eigenvalue weighted by Gasteiger charge is 2.00. The highest BCUT2D eigenvalue weighted by atomic mass is 16.1. The van der Waals surface area contributed by atoms with E-state index in [9.17, 15) is 4.79 Å². The van der Waals surface area contributed by atoms with Crippen LogP contribution in [0.5, 0.6) is 0 Å². The van der Waals surface area contributed by atoms with E-state index in [0.29, 0.717) is 26.1 Å². The molecular formula is C9H16N4O. The van der Waals surface area contributed by atoms with Gasteiger partial charge in [0.25, 0.3) is 0 Å². The van der Waals surface area contributed by atoms with Gasteiger partial charge in [0.15, 0.2) is 0 Å². The number of amides is 1. The monoisotopic (exact) mass is 196 g/mol. The summed E-state index contributed by atoms with van der Waals surface area (Å²) in [7, 11) is 0. The quantitative estimate of drug-likeness (QED) is 0.676. The second-order valence-corrected chi connectivity index (χ2v) is 3.11. The van der Waals surface area contributed by atoms with Crippen LogP contribution in [0.4, 0.5) is 0 Å². The van der Waals surface area contributed by atoms with Gasteiger partial charge in [-0.05, 0) is 13.0 Å². The first-order valence-corrected chi connectivity index (χ1v) is 4.69. The smallest absolute Gasteiger partial charge is 0.221 e. The van der Waals surface area contributed by atoms with Crippen molar-refractivity contribution in [2.24, 2.45) is 5.73 Å². The summed E-state index contributed by atoms with van der Waals surface area (Å²) >= 11 is 0. The lowest BCUT2D eigenvalue weighted by Gasteiger charge is -2.03. The Morgan fingerprint density at radius 1 is 1.71 bits per heavy atom. The van der Waals surface area contributed by atoms with Gasteiger partial charge in [-0.1, -0.05) is 0 Å². The second kappa shape index (κ2) is 5.39. The lowest BCUT2D eigenvalue weighted by molar-refractivity contribution is -0.121. The third kappa shape index (κ3) is 3.57. The van der Waals surface area contributed by atoms with Crippen LogP contribution in [0.1, 0.15) is 12.1 Å². The number of hydrogen-bond donors (Lipinski definition) is 2. The molecule has 1 amide bonds. The minimum Gasteiger partial charge on any atom is -0.355 e. The number of nitrogens with one attached hydrogen (secondary N) is 1. The van der Waals surface area contributed by atoms with Crippen molar-refractivity contribution in [2.45, 2.75) is 19.9 Å². The summed E-state index contributed by atoms with van der Waals surface area (Å²) in [4.78, 5) is 11.2. The first-order chi connectivity index (χ1) is 6.72. The molecule has 0 saturated heterocycles. The van der Waals surface area contributed by atoms with Crippen LogP contribution in [-0.4, -0.2) is 28.8 Å². The predicted octanol–water partition coefficient (Wildman–Crippen LogP) is -0.343. The van der Waals surface area contributed by atoms with Crippen molar-refractivity contribution in [3.8, 4) is 0 Å². The van der Waals surface area contributed by atoms with Gasteiger partial charge < -0.3 is 11.1 Å². The summed E-state index contributed by atoms with van der Waals surface area (Å²) in [6, 6.07) is 1.91. The zero-order valence-corrected chi connectivity index (χ0v) is 8.36. The zero-order chi connectivity index (χ0) is 10.4. The molecular weight excluding hydrogens is 180 g/mol. The summed E-state index contributed by atoms with van der Waals surface area (Å²) in [6.07, 6.45) is 2.31. The van der Waals surface area contributed by atoms with E-state index in [0.717, 1.165) is 5.69 Å². The number of rotatable bonds is 5. The number of aryl methyl sites for hydroxylation is 2. The molecule has 0 bridgehead atoms. The van der Waals surface area contributed by atoms with Crippen molar-refractivity contribution in [2.75, 3.05) is 13.1 Å². The Morgan fingerprint density at radius 2 is 2.50 bits per heavy atom. The molecule has 3 N–H and O–H groups in total. The van der Waals surface area contributed by atoms with Crippen molar-refractivity contribution in [1.29, 1.82) is 0 Å². The van der Waals surface area contributed by atoms with Crippen LogP contribution in [0.2, 0.25) is 0 Å². The summed E-state index contributed by atoms with van der Waals surface area (Å²) in [5, 5.41) is 6.88. The Morgan fingerprint density at radius 3 is 3.07 bits per heavy atom. The highest BCUT2D eigenvalue weighted by Crippen LogP contribution is 1.94. The normalized spacial score (nSPS) is 10.1. The zero-order valence-electron chi connectivity index (χ0n) is 8.36. The van der Waals surface area contributed by atoms with E-state index in [1.807, 2.05) is 19.2 Å². The van der Waals surface area contributed by atoms with Crippen LogP contribution in [0, 0.1) is 6.92 Å². The fourth-order valence-electron chi connectivity index (χ4n) is 1.10. The van der Waals surface area contributed by atoms with E-state index in [2.05, 4.69) is 10.4 Å². The molecule has 0 unspecified atom stereocenters. The Balaban J connectivity index is 2.23. The maximum absolute atomic E-state index is 11.2. The van der Waals surface area contributed by atoms with Gasteiger partial charge >= 0.3 is 0 Å². The molecule has 78 valence electrons. The molecule has 1 aromatic rings. The topological polar surface area (TPSA) is 72.9 Å². The first-order valence-electron chi connectivity index (χ1n) is 4.69. The number of hydrogen-bond acceptors (Lipinski definition) is 3. The molecule has 0 atom stereocenters. The standard InChI is InChI=1S/C9H16N4O/c1-8-2-6-13(12-8)7-3-9(14)11-5-4-10/h2,6H,3-5,7,10H2,1H3,(H,11,14). The van der Waals surface area contributed by atoms with E-state index >= 15 is 0 Å². The number of nitrogens with zero attached hydrogens (tertiary/aromatic N) is 2. The van der Waals surface area contributed by atoms with Crippen LogP contribution in [0.15, 0.2) is 12.3 Å². The molecule has 1 heterocycles. The van der Waals surface area contributed by atoms with Gasteiger partial charge in [0.05, 0.1) is 5.69 Å². The highest BCUT2D eigenvalue weighted by molar-refractivity contribution is 5.75. The minimum atomic E-state index is 0.0172. The van der Waals surface area contributed by atoms with Crippen molar-refractivity contribution < 1.29 is 4.79 Å². The Labute approximate surface area is 83.3 Å². The van der Waals surface area contributed by atoms with Gasteiger partial charge in [0.1, 0.15) is 0 Å². The lowest BCUT2D eigenvalue weighted by Crippen LogP contribution is -2.29. The van der Waals surface area contributed by atoms with Crippen LogP contribution in [0.25, 0.3) is 0 Å². The summed E-state index contributed by atoms with van der Waals surface area (Å²) < 4.78 is 1.76. The molecule has 0 saturated carbocycles. The molecule has 0 fully saturated rings. The minimum absolute atomic E-state index is 0.0172. The molecule has 0 aliphatic carbocycles. The van der Waals surface area contributed by atoms with Gasteiger partial charge in [0.2, 0.25) is 5.91 Å². The largest absolute Gasteiger partial charge is 0.355 e. The molecule has 0 aliphatic heterocycles. The third-order valence-corrected chi connectivity index (χ3v) is 1.81. The maximum atomic E-state index is 11.2. The van der Waals surface area contributed by atoms with Gasteiger partial charge in [-0.25, -0.2) is 0 Å². The Hall–Kier alpha value is -1.36. The number of carbonyl (C=O) groups excluding carboxylic acids is 1. The molecule has 0 aliphatic rings. The van der Waals surface area contributed by atoms with Gasteiger partial charge in [-0.3, -0.25) is 9.48 Å².